The number of carbonyl (C=O) groups excluding carboxylic acids is 2. The van der Waals surface area contributed by atoms with Crippen LogP contribution in [0.3, 0.4) is 0 Å². The second-order valence-electron chi connectivity index (χ2n) is 6.91. The van der Waals surface area contributed by atoms with E-state index in [1.807, 2.05) is 0 Å². The van der Waals surface area contributed by atoms with E-state index in [0.717, 1.165) is 24.3 Å². The molecule has 0 saturated carbocycles. The van der Waals surface area contributed by atoms with E-state index in [1.54, 1.807) is 26.0 Å². The van der Waals surface area contributed by atoms with E-state index in [1.165, 1.54) is 13.0 Å². The molecule has 7 nitrogen and oxygen atoms in total. The van der Waals surface area contributed by atoms with Gasteiger partial charge in [-0.25, -0.2) is 0 Å². The van der Waals surface area contributed by atoms with Crippen LogP contribution in [0.15, 0.2) is 47.4 Å². The van der Waals surface area contributed by atoms with Gasteiger partial charge < -0.3 is 13.8 Å². The summed E-state index contributed by atoms with van der Waals surface area (Å²) in [6.07, 6.45) is -4.73. The summed E-state index contributed by atoms with van der Waals surface area (Å²) in [5.41, 5.74) is 1.00. The number of aryl methyl sites for hydroxylation is 2. The van der Waals surface area contributed by atoms with E-state index in [0.29, 0.717) is 16.0 Å². The Hall–Kier alpha value is -3.08. The highest BCUT2D eigenvalue weighted by Gasteiger charge is 2.34. The number of amides is 1. The minimum absolute atomic E-state index is 0.0246. The Balaban J connectivity index is 2.22. The second kappa shape index (κ2) is 10.0. The molecule has 0 bridgehead atoms. The predicted octanol–water partition coefficient (Wildman–Crippen LogP) is 3.64. The largest absolute Gasteiger partial charge is 0.465 e. The lowest BCUT2D eigenvalue weighted by Crippen LogP contribution is -2.42. The van der Waals surface area contributed by atoms with E-state index >= 15 is 0 Å². The summed E-state index contributed by atoms with van der Waals surface area (Å²) in [5.74, 6) is -2.18. The van der Waals surface area contributed by atoms with Gasteiger partial charge in [-0.15, -0.1) is 0 Å². The highest BCUT2D eigenvalue weighted by molar-refractivity contribution is 7.87. The van der Waals surface area contributed by atoms with Crippen LogP contribution >= 0.6 is 0 Å². The third-order valence-electron chi connectivity index (χ3n) is 4.20. The van der Waals surface area contributed by atoms with Crippen molar-refractivity contribution in [1.82, 2.24) is 4.90 Å². The molecule has 32 heavy (non-hydrogen) atoms. The Morgan fingerprint density at radius 3 is 2.22 bits per heavy atom. The molecule has 0 radical (unpaired) electrons. The van der Waals surface area contributed by atoms with Crippen LogP contribution in [0.2, 0.25) is 0 Å². The number of carbonyl (C=O) groups is 2. The standard InChI is InChI=1S/C21H22F3NO6S/c1-4-30-19(26)12-25(13-21(22,23)24)20(27)16-7-9-17(10-8-16)31-32(28,29)18-11-14(2)5-6-15(18)3/h5-11H,4,12-13H2,1-3H3. The van der Waals surface area contributed by atoms with Crippen LogP contribution in [0.25, 0.3) is 0 Å². The minimum atomic E-state index is -4.73. The summed E-state index contributed by atoms with van der Waals surface area (Å²) >= 11 is 0. The predicted molar refractivity (Wildman–Crippen MR) is 109 cm³/mol. The van der Waals surface area contributed by atoms with Gasteiger partial charge in [-0.2, -0.15) is 21.6 Å². The molecule has 2 rings (SSSR count). The van der Waals surface area contributed by atoms with E-state index in [9.17, 15) is 31.2 Å². The molecule has 0 N–H and O–H groups in total. The number of nitrogens with zero attached hydrogens (tertiary/aromatic N) is 1. The van der Waals surface area contributed by atoms with Gasteiger partial charge in [0.15, 0.2) is 0 Å². The Morgan fingerprint density at radius 1 is 1.03 bits per heavy atom. The van der Waals surface area contributed by atoms with Crippen molar-refractivity contribution in [3.63, 3.8) is 0 Å². The van der Waals surface area contributed by atoms with Gasteiger partial charge in [0.2, 0.25) is 0 Å². The minimum Gasteiger partial charge on any atom is -0.465 e. The fourth-order valence-electron chi connectivity index (χ4n) is 2.76. The Labute approximate surface area is 183 Å². The van der Waals surface area contributed by atoms with Crippen LogP contribution in [0, 0.1) is 13.8 Å². The number of hydrogen-bond acceptors (Lipinski definition) is 6. The van der Waals surface area contributed by atoms with Gasteiger partial charge in [0, 0.05) is 5.56 Å². The molecule has 0 aliphatic rings. The summed E-state index contributed by atoms with van der Waals surface area (Å²) in [7, 11) is -4.17. The van der Waals surface area contributed by atoms with Gasteiger partial charge in [-0.3, -0.25) is 9.59 Å². The average Bonchev–Trinajstić information content (AvgIpc) is 2.68. The lowest BCUT2D eigenvalue weighted by molar-refractivity contribution is -0.153. The molecule has 0 aliphatic carbocycles. The molecular formula is C21H22F3NO6S. The van der Waals surface area contributed by atoms with Crippen molar-refractivity contribution >= 4 is 22.0 Å². The molecular weight excluding hydrogens is 451 g/mol. The average molecular weight is 473 g/mol. The third-order valence-corrected chi connectivity index (χ3v) is 5.59. The van der Waals surface area contributed by atoms with E-state index in [2.05, 4.69) is 4.74 Å². The van der Waals surface area contributed by atoms with Crippen molar-refractivity contribution < 1.29 is 40.1 Å². The van der Waals surface area contributed by atoms with Gasteiger partial charge in [0.1, 0.15) is 23.7 Å². The molecule has 2 aromatic carbocycles. The zero-order valence-electron chi connectivity index (χ0n) is 17.6. The molecule has 0 spiro atoms. The van der Waals surface area contributed by atoms with Crippen LogP contribution in [-0.2, 0) is 19.6 Å². The number of hydrogen-bond donors (Lipinski definition) is 0. The van der Waals surface area contributed by atoms with Crippen molar-refractivity contribution in [2.75, 3.05) is 19.7 Å². The monoisotopic (exact) mass is 473 g/mol. The van der Waals surface area contributed by atoms with Crippen LogP contribution in [0.5, 0.6) is 5.75 Å². The van der Waals surface area contributed by atoms with Gasteiger partial charge in [0.05, 0.1) is 6.61 Å². The zero-order chi connectivity index (χ0) is 24.1. The fourth-order valence-corrected chi connectivity index (χ4v) is 4.01. The van der Waals surface area contributed by atoms with Crippen molar-refractivity contribution in [1.29, 1.82) is 0 Å². The molecule has 174 valence electrons. The highest BCUT2D eigenvalue weighted by atomic mass is 32.2. The smallest absolute Gasteiger partial charge is 0.406 e. The summed E-state index contributed by atoms with van der Waals surface area (Å²) in [6.45, 7) is 2.24. The Morgan fingerprint density at radius 2 is 1.66 bits per heavy atom. The van der Waals surface area contributed by atoms with E-state index in [4.69, 9.17) is 4.18 Å². The zero-order valence-corrected chi connectivity index (χ0v) is 18.4. The quantitative estimate of drug-likeness (QED) is 0.430. The first-order chi connectivity index (χ1) is 14.8. The maximum absolute atomic E-state index is 12.9. The first-order valence-corrected chi connectivity index (χ1v) is 10.9. The van der Waals surface area contributed by atoms with E-state index < -0.39 is 41.3 Å². The van der Waals surface area contributed by atoms with Gasteiger partial charge >= 0.3 is 22.3 Å². The topological polar surface area (TPSA) is 90.0 Å². The number of halogens is 3. The van der Waals surface area contributed by atoms with Gasteiger partial charge in [-0.1, -0.05) is 12.1 Å². The first-order valence-electron chi connectivity index (χ1n) is 9.46. The molecule has 11 heteroatoms. The molecule has 0 saturated heterocycles. The summed E-state index contributed by atoms with van der Waals surface area (Å²) < 4.78 is 73.4. The lowest BCUT2D eigenvalue weighted by Gasteiger charge is -2.23. The number of alkyl halides is 3. The fraction of sp³-hybridized carbons (Fsp3) is 0.333. The molecule has 0 unspecified atom stereocenters. The second-order valence-corrected chi connectivity index (χ2v) is 8.43. The highest BCUT2D eigenvalue weighted by Crippen LogP contribution is 2.24. The van der Waals surface area contributed by atoms with Gasteiger partial charge in [-0.05, 0) is 62.2 Å². The van der Waals surface area contributed by atoms with Gasteiger partial charge in [0.25, 0.3) is 5.91 Å². The summed E-state index contributed by atoms with van der Waals surface area (Å²) in [6, 6.07) is 9.35. The Kier molecular flexibility index (Phi) is 7.89. The summed E-state index contributed by atoms with van der Waals surface area (Å²) in [5, 5.41) is 0. The lowest BCUT2D eigenvalue weighted by atomic mass is 10.2. The molecule has 1 amide bonds. The number of benzene rings is 2. The maximum Gasteiger partial charge on any atom is 0.406 e. The van der Waals surface area contributed by atoms with Crippen molar-refractivity contribution in [3.8, 4) is 5.75 Å². The van der Waals surface area contributed by atoms with Crippen molar-refractivity contribution in [2.45, 2.75) is 31.8 Å². The number of ether oxygens (including phenoxy) is 1. The normalized spacial score (nSPS) is 11.7. The van der Waals surface area contributed by atoms with Crippen LogP contribution < -0.4 is 4.18 Å². The molecule has 2 aromatic rings. The van der Waals surface area contributed by atoms with E-state index in [-0.39, 0.29) is 22.8 Å². The maximum atomic E-state index is 12.9. The SMILES string of the molecule is CCOC(=O)CN(CC(F)(F)F)C(=O)c1ccc(OS(=O)(=O)c2cc(C)ccc2C)cc1. The van der Waals surface area contributed by atoms with Crippen molar-refractivity contribution in [3.05, 3.63) is 59.2 Å². The molecule has 0 heterocycles. The number of esters is 1. The summed E-state index contributed by atoms with van der Waals surface area (Å²) in [4.78, 5) is 24.4. The first kappa shape index (κ1) is 25.2. The molecule has 0 atom stereocenters. The molecule has 0 aliphatic heterocycles. The molecule has 0 fully saturated rings. The molecule has 0 aromatic heterocycles. The number of rotatable bonds is 8. The van der Waals surface area contributed by atoms with Crippen LogP contribution in [0.4, 0.5) is 13.2 Å². The van der Waals surface area contributed by atoms with Crippen LogP contribution in [0.1, 0.15) is 28.4 Å². The van der Waals surface area contributed by atoms with Crippen LogP contribution in [-0.4, -0.2) is 51.1 Å². The third kappa shape index (κ3) is 6.98. The Bertz CT molecular complexity index is 1080. The van der Waals surface area contributed by atoms with Crippen molar-refractivity contribution in [2.24, 2.45) is 0 Å².